The quantitative estimate of drug-likeness (QED) is 0.124. The average molecular weight is 573 g/mol. The van der Waals surface area contributed by atoms with Gasteiger partial charge >= 0.3 is 31.2 Å². The van der Waals surface area contributed by atoms with E-state index in [2.05, 4.69) is 0 Å². The molecule has 39 heavy (non-hydrogen) atoms. The summed E-state index contributed by atoms with van der Waals surface area (Å²) in [6.45, 7) is 6.74. The zero-order valence-electron chi connectivity index (χ0n) is 22.7. The number of halogens is 6. The van der Waals surface area contributed by atoms with Crippen LogP contribution in [-0.2, 0) is 12.4 Å². The van der Waals surface area contributed by atoms with Gasteiger partial charge in [-0.2, -0.15) is 26.3 Å². The maximum absolute atomic E-state index is 13.7. The van der Waals surface area contributed by atoms with Crippen LogP contribution in [0.2, 0.25) is 0 Å². The zero-order valence-corrected chi connectivity index (χ0v) is 23.7. The monoisotopic (exact) mass is 573 g/mol. The molecule has 0 spiro atoms. The molecule has 2 aromatic rings. The Hall–Kier alpha value is -1.88. The van der Waals surface area contributed by atoms with E-state index in [1.54, 1.807) is 0 Å². The van der Waals surface area contributed by atoms with E-state index in [0.29, 0.717) is 43.4 Å². The van der Waals surface area contributed by atoms with Gasteiger partial charge in [-0.15, -0.1) is 0 Å². The number of ether oxygens (including phenoxy) is 3. The molecule has 1 atom stereocenters. The molecule has 12 heteroatoms. The Labute approximate surface area is 239 Å². The van der Waals surface area contributed by atoms with Gasteiger partial charge in [0.1, 0.15) is 17.2 Å². The molecular formula is C27H33F6LiO4P+. The largest absolute Gasteiger partial charge is 1.00 e. The molecule has 0 amide bonds. The molecule has 1 unspecified atom stereocenters. The molecule has 0 heterocycles. The molecule has 0 aliphatic heterocycles. The maximum Gasteiger partial charge on any atom is 1.00 e. The number of hydrogen-bond acceptors (Lipinski definition) is 4. The molecule has 0 aromatic heterocycles. The zero-order chi connectivity index (χ0) is 28.3. The van der Waals surface area contributed by atoms with Crippen molar-refractivity contribution in [2.24, 2.45) is 0 Å². The third kappa shape index (κ3) is 10.6. The second-order valence-corrected chi connectivity index (χ2v) is 9.78. The van der Waals surface area contributed by atoms with E-state index in [1.807, 2.05) is 20.8 Å². The van der Waals surface area contributed by atoms with Crippen LogP contribution in [-0.4, -0.2) is 25.3 Å². The number of benzene rings is 2. The normalized spacial score (nSPS) is 11.9. The number of carbonyl (C=O) groups excluding carboxylic acids is 1. The Bertz CT molecular complexity index is 996. The number of carbonyl (C=O) groups is 1. The van der Waals surface area contributed by atoms with Gasteiger partial charge in [0.05, 0.1) is 36.3 Å². The Morgan fingerprint density at radius 1 is 0.744 bits per heavy atom. The first-order valence-electron chi connectivity index (χ1n) is 12.6. The minimum Gasteiger partial charge on any atom is -0.493 e. The molecule has 4 nitrogen and oxygen atoms in total. The summed E-state index contributed by atoms with van der Waals surface area (Å²) < 4.78 is 99.7. The van der Waals surface area contributed by atoms with Crippen molar-refractivity contribution >= 4 is 19.4 Å². The van der Waals surface area contributed by atoms with E-state index in [1.165, 1.54) is 12.1 Å². The SMILES string of the molecule is CCCCOc1cc(OCCCC)c(PC(=O)c2c(C(F)(F)F)cccc2C(F)(F)F)c(OCCCC)c1.[Li+]. The second-order valence-electron chi connectivity index (χ2n) is 8.58. The molecule has 0 bridgehead atoms. The third-order valence-corrected chi connectivity index (χ3v) is 6.68. The van der Waals surface area contributed by atoms with E-state index >= 15 is 0 Å². The van der Waals surface area contributed by atoms with Gasteiger partial charge in [-0.05, 0) is 40.0 Å². The fraction of sp³-hybridized carbons (Fsp3) is 0.519. The molecule has 0 aliphatic carbocycles. The topological polar surface area (TPSA) is 44.8 Å². The van der Waals surface area contributed by atoms with E-state index in [0.717, 1.165) is 25.7 Å². The van der Waals surface area contributed by atoms with Gasteiger partial charge in [-0.1, -0.05) is 46.1 Å². The molecule has 0 saturated heterocycles. The maximum atomic E-state index is 13.7. The van der Waals surface area contributed by atoms with Crippen molar-refractivity contribution in [2.45, 2.75) is 71.6 Å². The predicted molar refractivity (Wildman–Crippen MR) is 136 cm³/mol. The van der Waals surface area contributed by atoms with E-state index in [-0.39, 0.29) is 48.9 Å². The summed E-state index contributed by atoms with van der Waals surface area (Å²) in [6.07, 6.45) is -5.78. The Morgan fingerprint density at radius 3 is 1.54 bits per heavy atom. The van der Waals surface area contributed by atoms with Crippen LogP contribution in [0.25, 0.3) is 0 Å². The number of unbranched alkanes of at least 4 members (excludes halogenated alkanes) is 3. The smallest absolute Gasteiger partial charge is 0.493 e. The van der Waals surface area contributed by atoms with Crippen molar-refractivity contribution in [2.75, 3.05) is 19.8 Å². The molecule has 212 valence electrons. The number of alkyl halides is 6. The van der Waals surface area contributed by atoms with E-state index < -0.39 is 43.1 Å². The van der Waals surface area contributed by atoms with Crippen molar-refractivity contribution in [3.8, 4) is 17.2 Å². The van der Waals surface area contributed by atoms with Crippen molar-refractivity contribution in [3.63, 3.8) is 0 Å². The van der Waals surface area contributed by atoms with Gasteiger partial charge in [-0.3, -0.25) is 4.79 Å². The molecular weight excluding hydrogens is 540 g/mol. The average Bonchev–Trinajstić information content (AvgIpc) is 2.84. The second kappa shape index (κ2) is 16.4. The summed E-state index contributed by atoms with van der Waals surface area (Å²) in [5.74, 6) is 0.663. The van der Waals surface area contributed by atoms with Crippen LogP contribution in [0.5, 0.6) is 17.2 Å². The van der Waals surface area contributed by atoms with Gasteiger partial charge in [0.2, 0.25) is 0 Å². The Balaban J connectivity index is 0.00000760. The van der Waals surface area contributed by atoms with Crippen molar-refractivity contribution in [1.82, 2.24) is 0 Å². The molecule has 0 radical (unpaired) electrons. The first-order valence-corrected chi connectivity index (χ1v) is 13.6. The fourth-order valence-corrected chi connectivity index (χ4v) is 4.59. The summed E-state index contributed by atoms with van der Waals surface area (Å²) in [5, 5.41) is 0.107. The summed E-state index contributed by atoms with van der Waals surface area (Å²) in [5.41, 5.74) is -5.99. The summed E-state index contributed by atoms with van der Waals surface area (Å²) in [4.78, 5) is 13.3. The van der Waals surface area contributed by atoms with Gasteiger partial charge < -0.3 is 14.2 Å². The molecule has 0 fully saturated rings. The molecule has 2 rings (SSSR count). The van der Waals surface area contributed by atoms with Gasteiger partial charge in [0, 0.05) is 17.7 Å². The van der Waals surface area contributed by atoms with Crippen molar-refractivity contribution in [1.29, 1.82) is 0 Å². The van der Waals surface area contributed by atoms with E-state index in [4.69, 9.17) is 14.2 Å². The fourth-order valence-electron chi connectivity index (χ4n) is 3.43. The minimum atomic E-state index is -5.16. The van der Waals surface area contributed by atoms with Crippen LogP contribution >= 0.6 is 8.58 Å². The van der Waals surface area contributed by atoms with Gasteiger partial charge in [-0.25, -0.2) is 0 Å². The van der Waals surface area contributed by atoms with E-state index in [9.17, 15) is 31.1 Å². The summed E-state index contributed by atoms with van der Waals surface area (Å²) >= 11 is 0. The van der Waals surface area contributed by atoms with Crippen LogP contribution < -0.4 is 38.4 Å². The van der Waals surface area contributed by atoms with Gasteiger partial charge in [0.25, 0.3) is 0 Å². The Kier molecular flexibility index (Phi) is 14.8. The molecule has 0 saturated carbocycles. The number of hydrogen-bond donors (Lipinski definition) is 0. The van der Waals surface area contributed by atoms with Crippen LogP contribution in [0.4, 0.5) is 26.3 Å². The predicted octanol–water partition coefficient (Wildman–Crippen LogP) is 5.41. The van der Waals surface area contributed by atoms with Crippen molar-refractivity contribution < 1.29 is 64.2 Å². The molecule has 0 N–H and O–H groups in total. The van der Waals surface area contributed by atoms with Crippen LogP contribution in [0, 0.1) is 0 Å². The van der Waals surface area contributed by atoms with Crippen molar-refractivity contribution in [3.05, 3.63) is 47.0 Å². The first kappa shape index (κ1) is 35.1. The summed E-state index contributed by atoms with van der Waals surface area (Å²) in [7, 11) is -1.12. The first-order chi connectivity index (χ1) is 17.9. The standard InChI is InChI=1S/C27H33F6O4P.Li/c1-4-7-13-35-18-16-21(36-14-8-5-2)24(22(17-18)37-15-9-6-3)38-25(34)23-19(26(28,29)30)11-10-12-20(23)27(31,32)33;/h10-12,16-17,38H,4-9,13-15H2,1-3H3;/q;+1. The Morgan fingerprint density at radius 2 is 1.15 bits per heavy atom. The minimum absolute atomic E-state index is 0. The van der Waals surface area contributed by atoms with Crippen LogP contribution in [0.3, 0.4) is 0 Å². The molecule has 2 aromatic carbocycles. The number of rotatable bonds is 15. The third-order valence-electron chi connectivity index (χ3n) is 5.46. The van der Waals surface area contributed by atoms with Gasteiger partial charge in [0.15, 0.2) is 5.52 Å². The molecule has 0 aliphatic rings. The van der Waals surface area contributed by atoms with Crippen LogP contribution in [0.15, 0.2) is 30.3 Å². The van der Waals surface area contributed by atoms with Crippen LogP contribution in [0.1, 0.15) is 80.8 Å². The summed E-state index contributed by atoms with van der Waals surface area (Å²) in [6, 6.07) is 4.62.